The van der Waals surface area contributed by atoms with Crippen LogP contribution in [-0.2, 0) is 14.3 Å². The molecule has 0 fully saturated rings. The highest BCUT2D eigenvalue weighted by Crippen LogP contribution is 2.39. The van der Waals surface area contributed by atoms with Crippen molar-refractivity contribution in [2.24, 2.45) is 0 Å². The molecule has 1 aromatic carbocycles. The molecule has 0 radical (unpaired) electrons. The number of aryl methyl sites for hydroxylation is 2. The molecule has 3 aromatic rings. The number of rotatable bonds is 7. The van der Waals surface area contributed by atoms with E-state index in [-0.39, 0.29) is 28.5 Å². The van der Waals surface area contributed by atoms with Gasteiger partial charge in [0, 0.05) is 27.6 Å². The molecule has 0 saturated carbocycles. The van der Waals surface area contributed by atoms with E-state index in [9.17, 15) is 19.2 Å². The number of amides is 1. The molecule has 0 aliphatic heterocycles. The monoisotopic (exact) mass is 489 g/mol. The summed E-state index contributed by atoms with van der Waals surface area (Å²) >= 11 is 7.40. The summed E-state index contributed by atoms with van der Waals surface area (Å²) in [6, 6.07) is 8.15. The number of halogens is 1. The third kappa shape index (κ3) is 5.50. The van der Waals surface area contributed by atoms with Gasteiger partial charge in [0.15, 0.2) is 6.61 Å². The molecule has 172 valence electrons. The molecular formula is C23H20ClNO7S. The van der Waals surface area contributed by atoms with Crippen molar-refractivity contribution >= 4 is 45.8 Å². The zero-order valence-corrected chi connectivity index (χ0v) is 19.6. The Balaban J connectivity index is 1.80. The molecule has 33 heavy (non-hydrogen) atoms. The van der Waals surface area contributed by atoms with Crippen LogP contribution in [0.25, 0.3) is 11.1 Å². The van der Waals surface area contributed by atoms with Crippen molar-refractivity contribution in [1.82, 2.24) is 0 Å². The minimum Gasteiger partial charge on any atom is -0.462 e. The second kappa shape index (κ2) is 10.5. The molecule has 0 atom stereocenters. The predicted molar refractivity (Wildman–Crippen MR) is 124 cm³/mol. The van der Waals surface area contributed by atoms with Crippen molar-refractivity contribution in [1.29, 1.82) is 0 Å². The Kier molecular flexibility index (Phi) is 7.67. The number of anilines is 1. The first kappa shape index (κ1) is 24.2. The number of carbonyl (C=O) groups excluding carboxylic acids is 3. The summed E-state index contributed by atoms with van der Waals surface area (Å²) in [6.07, 6.45) is 0. The molecule has 0 unspecified atom stereocenters. The SMILES string of the molecule is CCOC(=O)c1c(-c2ccccc2Cl)csc1NC(=O)COC(=O)c1c(C)cc(=O)oc1C. The lowest BCUT2D eigenvalue weighted by molar-refractivity contribution is -0.119. The molecule has 3 rings (SSSR count). The topological polar surface area (TPSA) is 112 Å². The third-order valence-corrected chi connectivity index (χ3v) is 5.79. The number of esters is 2. The summed E-state index contributed by atoms with van der Waals surface area (Å²) in [7, 11) is 0. The summed E-state index contributed by atoms with van der Waals surface area (Å²) in [5, 5.41) is 4.95. The molecule has 8 nitrogen and oxygen atoms in total. The Bertz CT molecular complexity index is 1250. The molecular weight excluding hydrogens is 470 g/mol. The van der Waals surface area contributed by atoms with Gasteiger partial charge in [-0.2, -0.15) is 0 Å². The number of nitrogens with one attached hydrogen (secondary N) is 1. The van der Waals surface area contributed by atoms with E-state index in [0.717, 1.165) is 17.4 Å². The average Bonchev–Trinajstić information content (AvgIpc) is 3.15. The van der Waals surface area contributed by atoms with Crippen LogP contribution in [0.4, 0.5) is 5.00 Å². The number of ether oxygens (including phenoxy) is 2. The number of thiophene rings is 1. The van der Waals surface area contributed by atoms with Gasteiger partial charge in [-0.05, 0) is 32.4 Å². The van der Waals surface area contributed by atoms with E-state index in [1.807, 2.05) is 0 Å². The van der Waals surface area contributed by atoms with Gasteiger partial charge in [-0.25, -0.2) is 14.4 Å². The van der Waals surface area contributed by atoms with Crippen LogP contribution in [0.5, 0.6) is 0 Å². The first-order valence-electron chi connectivity index (χ1n) is 9.84. The second-order valence-corrected chi connectivity index (χ2v) is 8.14. The molecule has 0 spiro atoms. The molecule has 0 aliphatic carbocycles. The van der Waals surface area contributed by atoms with Gasteiger partial charge in [0.1, 0.15) is 21.9 Å². The Morgan fingerprint density at radius 1 is 1.06 bits per heavy atom. The smallest absolute Gasteiger partial charge is 0.342 e. The normalized spacial score (nSPS) is 10.5. The van der Waals surface area contributed by atoms with Crippen LogP contribution < -0.4 is 10.9 Å². The van der Waals surface area contributed by atoms with Gasteiger partial charge in [0.25, 0.3) is 5.91 Å². The number of carbonyl (C=O) groups is 3. The van der Waals surface area contributed by atoms with Crippen LogP contribution in [0.2, 0.25) is 5.02 Å². The van der Waals surface area contributed by atoms with Gasteiger partial charge in [0.05, 0.1) is 6.61 Å². The minimum atomic E-state index is -0.808. The van der Waals surface area contributed by atoms with Gasteiger partial charge in [-0.1, -0.05) is 29.8 Å². The zero-order valence-electron chi connectivity index (χ0n) is 18.0. The summed E-state index contributed by atoms with van der Waals surface area (Å²) in [4.78, 5) is 48.9. The fourth-order valence-corrected chi connectivity index (χ4v) is 4.36. The van der Waals surface area contributed by atoms with Crippen molar-refractivity contribution in [3.05, 3.63) is 73.6 Å². The first-order valence-corrected chi connectivity index (χ1v) is 11.1. The molecule has 1 amide bonds. The maximum Gasteiger partial charge on any atom is 0.342 e. The van der Waals surface area contributed by atoms with E-state index in [4.69, 9.17) is 25.5 Å². The van der Waals surface area contributed by atoms with Gasteiger partial charge in [-0.3, -0.25) is 4.79 Å². The molecule has 2 aromatic heterocycles. The Morgan fingerprint density at radius 2 is 1.76 bits per heavy atom. The van der Waals surface area contributed by atoms with E-state index in [1.165, 1.54) is 6.92 Å². The second-order valence-electron chi connectivity index (χ2n) is 6.86. The Labute approximate surface area is 198 Å². The molecule has 10 heteroatoms. The summed E-state index contributed by atoms with van der Waals surface area (Å²) in [5.41, 5.74) is 1.15. The van der Waals surface area contributed by atoms with Gasteiger partial charge >= 0.3 is 17.6 Å². The minimum absolute atomic E-state index is 0.0757. The largest absolute Gasteiger partial charge is 0.462 e. The lowest BCUT2D eigenvalue weighted by Crippen LogP contribution is -2.23. The first-order chi connectivity index (χ1) is 15.7. The fourth-order valence-electron chi connectivity index (χ4n) is 3.16. The maximum atomic E-state index is 12.6. The summed E-state index contributed by atoms with van der Waals surface area (Å²) in [6.45, 7) is 4.23. The number of hydrogen-bond acceptors (Lipinski definition) is 8. The van der Waals surface area contributed by atoms with E-state index in [1.54, 1.807) is 43.5 Å². The zero-order chi connectivity index (χ0) is 24.1. The number of benzene rings is 1. The van der Waals surface area contributed by atoms with Crippen LogP contribution in [0.3, 0.4) is 0 Å². The Hall–Kier alpha value is -3.43. The van der Waals surface area contributed by atoms with Crippen molar-refractivity contribution in [3.8, 4) is 11.1 Å². The van der Waals surface area contributed by atoms with Crippen molar-refractivity contribution in [3.63, 3.8) is 0 Å². The lowest BCUT2D eigenvalue weighted by Gasteiger charge is -2.11. The van der Waals surface area contributed by atoms with E-state index >= 15 is 0 Å². The highest BCUT2D eigenvalue weighted by Gasteiger charge is 2.24. The van der Waals surface area contributed by atoms with E-state index in [2.05, 4.69) is 5.32 Å². The van der Waals surface area contributed by atoms with Crippen LogP contribution in [-0.4, -0.2) is 31.1 Å². The van der Waals surface area contributed by atoms with Crippen LogP contribution >= 0.6 is 22.9 Å². The van der Waals surface area contributed by atoms with Crippen LogP contribution in [0, 0.1) is 13.8 Å². The highest BCUT2D eigenvalue weighted by molar-refractivity contribution is 7.15. The van der Waals surface area contributed by atoms with Gasteiger partial charge in [0.2, 0.25) is 0 Å². The van der Waals surface area contributed by atoms with Gasteiger partial charge in [-0.15, -0.1) is 11.3 Å². The summed E-state index contributed by atoms with van der Waals surface area (Å²) in [5.74, 6) is -1.99. The lowest BCUT2D eigenvalue weighted by atomic mass is 10.0. The quantitative estimate of drug-likeness (QED) is 0.482. The van der Waals surface area contributed by atoms with Crippen LogP contribution in [0.1, 0.15) is 39.0 Å². The predicted octanol–water partition coefficient (Wildman–Crippen LogP) is 4.61. The molecule has 0 aliphatic rings. The molecule has 1 N–H and O–H groups in total. The molecule has 0 bridgehead atoms. The highest BCUT2D eigenvalue weighted by atomic mass is 35.5. The van der Waals surface area contributed by atoms with Crippen LogP contribution in [0.15, 0.2) is 44.9 Å². The van der Waals surface area contributed by atoms with Crippen molar-refractivity contribution in [2.75, 3.05) is 18.5 Å². The Morgan fingerprint density at radius 3 is 2.42 bits per heavy atom. The van der Waals surface area contributed by atoms with E-state index < -0.39 is 30.1 Å². The van der Waals surface area contributed by atoms with Gasteiger partial charge < -0.3 is 19.2 Å². The summed E-state index contributed by atoms with van der Waals surface area (Å²) < 4.78 is 15.1. The van der Waals surface area contributed by atoms with Crippen molar-refractivity contribution < 1.29 is 28.3 Å². The fraction of sp³-hybridized carbons (Fsp3) is 0.217. The average molecular weight is 490 g/mol. The number of hydrogen-bond donors (Lipinski definition) is 1. The maximum absolute atomic E-state index is 12.6. The third-order valence-electron chi connectivity index (χ3n) is 4.56. The molecule has 0 saturated heterocycles. The van der Waals surface area contributed by atoms with E-state index in [0.29, 0.717) is 21.7 Å². The van der Waals surface area contributed by atoms with Crippen molar-refractivity contribution in [2.45, 2.75) is 20.8 Å². The molecule has 2 heterocycles. The standard InChI is InChI=1S/C23H20ClNO7S/c1-4-30-23(29)20-15(14-7-5-6-8-16(14)24)11-33-21(20)25-17(26)10-31-22(28)19-12(2)9-18(27)32-13(19)3/h5-9,11H,4,10H2,1-3H3,(H,25,26).